The molecule has 0 aliphatic carbocycles. The number of rotatable bonds is 6. The number of hydrogen-bond acceptors (Lipinski definition) is 6. The first-order valence-electron chi connectivity index (χ1n) is 5.34. The third-order valence-corrected chi connectivity index (χ3v) is 2.26. The lowest BCUT2D eigenvalue weighted by Gasteiger charge is -2.13. The van der Waals surface area contributed by atoms with Gasteiger partial charge in [-0.3, -0.25) is 9.59 Å². The number of nitrogens with one attached hydrogen (secondary N) is 1. The minimum absolute atomic E-state index is 0.339. The van der Waals surface area contributed by atoms with Crippen molar-refractivity contribution in [2.24, 2.45) is 0 Å². The van der Waals surface area contributed by atoms with Gasteiger partial charge in [0.25, 0.3) is 5.91 Å². The number of carboxylic acid groups (broad SMARTS) is 2. The number of halogens is 1. The van der Waals surface area contributed by atoms with Crippen molar-refractivity contribution in [3.63, 3.8) is 0 Å². The van der Waals surface area contributed by atoms with Crippen molar-refractivity contribution in [1.82, 2.24) is 15.3 Å². The Balaban J connectivity index is 2.80. The zero-order chi connectivity index (χ0) is 15.3. The van der Waals surface area contributed by atoms with Crippen LogP contribution < -0.4 is 11.1 Å². The number of nitrogens with zero attached hydrogens (tertiary/aromatic N) is 2. The number of nitrogens with two attached hydrogens (primary N) is 1. The summed E-state index contributed by atoms with van der Waals surface area (Å²) >= 11 is 0. The minimum atomic E-state index is -1.46. The van der Waals surface area contributed by atoms with E-state index in [1.807, 2.05) is 5.32 Å². The van der Waals surface area contributed by atoms with Crippen LogP contribution in [0.25, 0.3) is 0 Å². The molecule has 0 aromatic carbocycles. The number of carbonyl (C=O) groups is 3. The third kappa shape index (κ3) is 4.15. The van der Waals surface area contributed by atoms with Crippen LogP contribution in [0.3, 0.4) is 0 Å². The van der Waals surface area contributed by atoms with Gasteiger partial charge in [-0.1, -0.05) is 0 Å². The second kappa shape index (κ2) is 6.41. The summed E-state index contributed by atoms with van der Waals surface area (Å²) in [6.07, 6.45) is 0.00886. The van der Waals surface area contributed by atoms with Gasteiger partial charge in [0.15, 0.2) is 0 Å². The second-order valence-corrected chi connectivity index (χ2v) is 3.73. The van der Waals surface area contributed by atoms with Crippen molar-refractivity contribution in [3.8, 4) is 0 Å². The van der Waals surface area contributed by atoms with E-state index in [1.165, 1.54) is 0 Å². The smallest absolute Gasteiger partial charge is 0.326 e. The molecule has 5 N–H and O–H groups in total. The zero-order valence-electron chi connectivity index (χ0n) is 10.0. The van der Waals surface area contributed by atoms with Crippen molar-refractivity contribution in [1.29, 1.82) is 0 Å². The van der Waals surface area contributed by atoms with Gasteiger partial charge in [0, 0.05) is 12.6 Å². The molecule has 0 radical (unpaired) electrons. The van der Waals surface area contributed by atoms with Crippen LogP contribution in [0.2, 0.25) is 0 Å². The van der Waals surface area contributed by atoms with Crippen molar-refractivity contribution >= 4 is 23.8 Å². The average Bonchev–Trinajstić information content (AvgIpc) is 2.33. The van der Waals surface area contributed by atoms with Crippen molar-refractivity contribution in [2.75, 3.05) is 5.73 Å². The quantitative estimate of drug-likeness (QED) is 0.497. The largest absolute Gasteiger partial charge is 0.481 e. The molecule has 1 rings (SSSR count). The van der Waals surface area contributed by atoms with Gasteiger partial charge in [-0.25, -0.2) is 9.78 Å². The highest BCUT2D eigenvalue weighted by Crippen LogP contribution is 2.06. The van der Waals surface area contributed by atoms with E-state index < -0.39 is 41.8 Å². The van der Waals surface area contributed by atoms with Gasteiger partial charge in [0.05, 0.1) is 0 Å². The lowest BCUT2D eigenvalue weighted by molar-refractivity contribution is -0.140. The number of carbonyl (C=O) groups excluding carboxylic acids is 1. The van der Waals surface area contributed by atoms with E-state index in [0.29, 0.717) is 0 Å². The van der Waals surface area contributed by atoms with Crippen molar-refractivity contribution in [2.45, 2.75) is 18.9 Å². The van der Waals surface area contributed by atoms with Crippen molar-refractivity contribution < 1.29 is 29.0 Å². The Morgan fingerprint density at radius 1 is 1.40 bits per heavy atom. The first-order chi connectivity index (χ1) is 9.31. The Morgan fingerprint density at radius 3 is 2.55 bits per heavy atom. The maximum absolute atomic E-state index is 13.3. The number of anilines is 1. The molecule has 0 saturated heterocycles. The summed E-state index contributed by atoms with van der Waals surface area (Å²) in [5.74, 6) is -5.29. The van der Waals surface area contributed by atoms with E-state index in [1.54, 1.807) is 0 Å². The van der Waals surface area contributed by atoms with Crippen LogP contribution >= 0.6 is 0 Å². The fourth-order valence-corrected chi connectivity index (χ4v) is 1.29. The van der Waals surface area contributed by atoms with E-state index in [2.05, 4.69) is 9.97 Å². The Morgan fingerprint density at radius 2 is 2.05 bits per heavy atom. The van der Waals surface area contributed by atoms with Crippen molar-refractivity contribution in [3.05, 3.63) is 17.7 Å². The molecule has 1 atom stereocenters. The summed E-state index contributed by atoms with van der Waals surface area (Å²) in [4.78, 5) is 39.4. The van der Waals surface area contributed by atoms with Gasteiger partial charge in [0.1, 0.15) is 11.6 Å². The van der Waals surface area contributed by atoms with E-state index in [4.69, 9.17) is 15.9 Å². The molecule has 0 bridgehead atoms. The molecule has 0 aliphatic heterocycles. The van der Waals surface area contributed by atoms with Crippen LogP contribution in [-0.2, 0) is 9.59 Å². The predicted molar refractivity (Wildman–Crippen MR) is 62.2 cm³/mol. The van der Waals surface area contributed by atoms with E-state index in [0.717, 1.165) is 6.20 Å². The van der Waals surface area contributed by atoms with E-state index in [-0.39, 0.29) is 12.4 Å². The standard InChI is InChI=1S/C10H11FN4O5/c11-7-4(3-13-10(12)15-7)8(18)14-5(9(19)20)1-2-6(16)17/h3,5H,1-2H2,(H,14,18)(H,16,17)(H,19,20)(H2,12,13,15)/t5-/m0/s1. The van der Waals surface area contributed by atoms with Crippen LogP contribution in [0.5, 0.6) is 0 Å². The normalized spacial score (nSPS) is 11.7. The SMILES string of the molecule is Nc1ncc(C(=O)N[C@@H](CCC(=O)O)C(=O)O)c(F)n1. The monoisotopic (exact) mass is 286 g/mol. The summed E-state index contributed by atoms with van der Waals surface area (Å²) in [6.45, 7) is 0. The average molecular weight is 286 g/mol. The first kappa shape index (κ1) is 15.3. The molecule has 0 saturated carbocycles. The van der Waals surface area contributed by atoms with Gasteiger partial charge in [-0.05, 0) is 6.42 Å². The Hall–Kier alpha value is -2.78. The lowest BCUT2D eigenvalue weighted by atomic mass is 10.1. The number of nitrogen functional groups attached to an aromatic ring is 1. The van der Waals surface area contributed by atoms with Crippen LogP contribution in [0, 0.1) is 5.95 Å². The maximum Gasteiger partial charge on any atom is 0.326 e. The fraction of sp³-hybridized carbons (Fsp3) is 0.300. The molecule has 0 unspecified atom stereocenters. The summed E-state index contributed by atoms with van der Waals surface area (Å²) < 4.78 is 13.3. The van der Waals surface area contributed by atoms with Crippen LogP contribution in [0.1, 0.15) is 23.2 Å². The molecule has 1 heterocycles. The molecule has 1 aromatic rings. The van der Waals surface area contributed by atoms with Crippen LogP contribution in [0.15, 0.2) is 6.20 Å². The van der Waals surface area contributed by atoms with Gasteiger partial charge >= 0.3 is 11.9 Å². The molecule has 1 amide bonds. The van der Waals surface area contributed by atoms with E-state index in [9.17, 15) is 18.8 Å². The molecule has 0 spiro atoms. The Bertz CT molecular complexity index is 550. The maximum atomic E-state index is 13.3. The number of aromatic nitrogens is 2. The number of aliphatic carboxylic acids is 2. The fourth-order valence-electron chi connectivity index (χ4n) is 1.29. The number of carboxylic acids is 2. The highest BCUT2D eigenvalue weighted by Gasteiger charge is 2.23. The highest BCUT2D eigenvalue weighted by atomic mass is 19.1. The van der Waals surface area contributed by atoms with Gasteiger partial charge in [-0.2, -0.15) is 9.37 Å². The molecule has 108 valence electrons. The minimum Gasteiger partial charge on any atom is -0.481 e. The number of hydrogen-bond donors (Lipinski definition) is 4. The summed E-state index contributed by atoms with van der Waals surface area (Å²) in [5, 5.41) is 19.3. The topological polar surface area (TPSA) is 156 Å². The molecule has 20 heavy (non-hydrogen) atoms. The second-order valence-electron chi connectivity index (χ2n) is 3.73. The molecule has 1 aromatic heterocycles. The first-order valence-corrected chi connectivity index (χ1v) is 5.34. The molecular weight excluding hydrogens is 275 g/mol. The van der Waals surface area contributed by atoms with Crippen LogP contribution in [-0.4, -0.2) is 44.1 Å². The molecule has 10 heteroatoms. The molecular formula is C10H11FN4O5. The van der Waals surface area contributed by atoms with Gasteiger partial charge in [-0.15, -0.1) is 0 Å². The lowest BCUT2D eigenvalue weighted by Crippen LogP contribution is -2.41. The summed E-state index contributed by atoms with van der Waals surface area (Å²) in [5.41, 5.74) is 4.52. The van der Waals surface area contributed by atoms with Gasteiger partial charge < -0.3 is 21.3 Å². The van der Waals surface area contributed by atoms with E-state index >= 15 is 0 Å². The zero-order valence-corrected chi connectivity index (χ0v) is 10.0. The third-order valence-electron chi connectivity index (χ3n) is 2.26. The summed E-state index contributed by atoms with van der Waals surface area (Å²) in [7, 11) is 0. The molecule has 0 fully saturated rings. The molecule has 0 aliphatic rings. The Labute approximate surface area is 111 Å². The van der Waals surface area contributed by atoms with Crippen LogP contribution in [0.4, 0.5) is 10.3 Å². The predicted octanol–water partition coefficient (Wildman–Crippen LogP) is -0.754. The highest BCUT2D eigenvalue weighted by molar-refractivity contribution is 5.96. The summed E-state index contributed by atoms with van der Waals surface area (Å²) in [6, 6.07) is -1.46. The Kier molecular flexibility index (Phi) is 4.89. The molecule has 9 nitrogen and oxygen atoms in total. The number of amides is 1. The van der Waals surface area contributed by atoms with Gasteiger partial charge in [0.2, 0.25) is 11.9 Å².